The van der Waals surface area contributed by atoms with Crippen LogP contribution in [0.15, 0.2) is 41.8 Å². The number of amides is 2. The monoisotopic (exact) mass is 385 g/mol. The van der Waals surface area contributed by atoms with Crippen LogP contribution in [0, 0.1) is 0 Å². The zero-order valence-corrected chi connectivity index (χ0v) is 16.3. The van der Waals surface area contributed by atoms with Crippen LogP contribution in [0.2, 0.25) is 0 Å². The molecule has 7 heteroatoms. The minimum atomic E-state index is -0.313. The van der Waals surface area contributed by atoms with Gasteiger partial charge >= 0.3 is 12.0 Å². The summed E-state index contributed by atoms with van der Waals surface area (Å²) in [6.07, 6.45) is 0.163. The third-order valence-corrected chi connectivity index (χ3v) is 5.19. The Morgan fingerprint density at radius 2 is 1.96 bits per heavy atom. The van der Waals surface area contributed by atoms with Crippen LogP contribution in [0.25, 0.3) is 21.5 Å². The zero-order valence-electron chi connectivity index (χ0n) is 15.5. The second-order valence-electron chi connectivity index (χ2n) is 6.05. The predicted octanol–water partition coefficient (Wildman–Crippen LogP) is 3.66. The molecule has 2 heterocycles. The number of aryl methyl sites for hydroxylation is 1. The molecule has 142 valence electrons. The number of thiophene rings is 1. The lowest BCUT2D eigenvalue weighted by molar-refractivity contribution is -0.142. The number of benzene rings is 1. The molecule has 0 aliphatic rings. The van der Waals surface area contributed by atoms with Crippen LogP contribution in [0.4, 0.5) is 4.79 Å². The number of esters is 1. The van der Waals surface area contributed by atoms with Gasteiger partial charge in [0.2, 0.25) is 0 Å². The molecule has 2 aromatic heterocycles. The van der Waals surface area contributed by atoms with Crippen molar-refractivity contribution in [3.05, 3.63) is 47.3 Å². The van der Waals surface area contributed by atoms with E-state index in [4.69, 9.17) is 4.74 Å². The molecule has 0 atom stereocenters. The van der Waals surface area contributed by atoms with Gasteiger partial charge in [0.1, 0.15) is 0 Å². The molecule has 0 saturated heterocycles. The van der Waals surface area contributed by atoms with Crippen molar-refractivity contribution in [1.29, 1.82) is 0 Å². The highest BCUT2D eigenvalue weighted by molar-refractivity contribution is 7.13. The first-order valence-electron chi connectivity index (χ1n) is 8.89. The average molecular weight is 385 g/mol. The summed E-state index contributed by atoms with van der Waals surface area (Å²) in [6, 6.07) is 12.0. The first kappa shape index (κ1) is 19.0. The van der Waals surface area contributed by atoms with Crippen molar-refractivity contribution in [3.63, 3.8) is 0 Å². The highest BCUT2D eigenvalue weighted by Gasteiger charge is 2.17. The SMILES string of the molecule is CCOC(=O)CCNC(=O)NCc1c(-c2cccs2)n(C)c2ccccc12. The summed E-state index contributed by atoms with van der Waals surface area (Å²) in [5.74, 6) is -0.313. The molecular weight excluding hydrogens is 362 g/mol. The summed E-state index contributed by atoms with van der Waals surface area (Å²) in [4.78, 5) is 24.6. The van der Waals surface area contributed by atoms with Gasteiger partial charge in [0.15, 0.2) is 0 Å². The van der Waals surface area contributed by atoms with Gasteiger partial charge in [-0.15, -0.1) is 11.3 Å². The van der Waals surface area contributed by atoms with E-state index in [0.29, 0.717) is 13.2 Å². The Morgan fingerprint density at radius 1 is 1.15 bits per heavy atom. The highest BCUT2D eigenvalue weighted by atomic mass is 32.1. The minimum absolute atomic E-state index is 0.163. The smallest absolute Gasteiger partial charge is 0.315 e. The number of rotatable bonds is 7. The number of fused-ring (bicyclic) bond motifs is 1. The van der Waals surface area contributed by atoms with Crippen molar-refractivity contribution in [1.82, 2.24) is 15.2 Å². The van der Waals surface area contributed by atoms with E-state index in [1.54, 1.807) is 18.3 Å². The lowest BCUT2D eigenvalue weighted by atomic mass is 10.1. The largest absolute Gasteiger partial charge is 0.466 e. The van der Waals surface area contributed by atoms with E-state index in [1.807, 2.05) is 30.6 Å². The number of carbonyl (C=O) groups excluding carboxylic acids is 2. The first-order chi connectivity index (χ1) is 13.1. The van der Waals surface area contributed by atoms with E-state index in [2.05, 4.69) is 33.4 Å². The third kappa shape index (κ3) is 4.31. The maximum atomic E-state index is 12.1. The van der Waals surface area contributed by atoms with Crippen molar-refractivity contribution >= 4 is 34.2 Å². The lowest BCUT2D eigenvalue weighted by Gasteiger charge is -2.09. The topological polar surface area (TPSA) is 72.4 Å². The van der Waals surface area contributed by atoms with Crippen molar-refractivity contribution in [3.8, 4) is 10.6 Å². The van der Waals surface area contributed by atoms with Crippen molar-refractivity contribution < 1.29 is 14.3 Å². The summed E-state index contributed by atoms with van der Waals surface area (Å²) < 4.78 is 7.01. The molecule has 3 aromatic rings. The zero-order chi connectivity index (χ0) is 19.2. The van der Waals surface area contributed by atoms with Crippen LogP contribution in [-0.2, 0) is 23.1 Å². The molecule has 27 heavy (non-hydrogen) atoms. The van der Waals surface area contributed by atoms with Gasteiger partial charge in [-0.1, -0.05) is 24.3 Å². The molecule has 1 aromatic carbocycles. The van der Waals surface area contributed by atoms with E-state index in [9.17, 15) is 9.59 Å². The van der Waals surface area contributed by atoms with E-state index in [1.165, 1.54) is 0 Å². The Hall–Kier alpha value is -2.80. The summed E-state index contributed by atoms with van der Waals surface area (Å²) in [7, 11) is 2.04. The summed E-state index contributed by atoms with van der Waals surface area (Å²) >= 11 is 1.67. The number of aromatic nitrogens is 1. The summed E-state index contributed by atoms with van der Waals surface area (Å²) in [6.45, 7) is 2.75. The maximum Gasteiger partial charge on any atom is 0.315 e. The minimum Gasteiger partial charge on any atom is -0.466 e. The molecule has 2 N–H and O–H groups in total. The molecule has 0 aliphatic heterocycles. The Labute approximate surface area is 162 Å². The molecule has 0 bridgehead atoms. The molecule has 0 aliphatic carbocycles. The first-order valence-corrected chi connectivity index (χ1v) is 9.77. The number of ether oxygens (including phenoxy) is 1. The number of hydrogen-bond acceptors (Lipinski definition) is 4. The molecule has 2 amide bonds. The van der Waals surface area contributed by atoms with Crippen LogP contribution in [0.1, 0.15) is 18.9 Å². The van der Waals surface area contributed by atoms with E-state index in [0.717, 1.165) is 27.0 Å². The van der Waals surface area contributed by atoms with Gasteiger partial charge in [0.25, 0.3) is 0 Å². The fraction of sp³-hybridized carbons (Fsp3) is 0.300. The summed E-state index contributed by atoms with van der Waals surface area (Å²) in [5, 5.41) is 8.77. The third-order valence-electron chi connectivity index (χ3n) is 4.31. The second kappa shape index (κ2) is 8.73. The number of para-hydroxylation sites is 1. The van der Waals surface area contributed by atoms with Crippen LogP contribution >= 0.6 is 11.3 Å². The quantitative estimate of drug-likeness (QED) is 0.610. The second-order valence-corrected chi connectivity index (χ2v) is 6.99. The molecule has 0 radical (unpaired) electrons. The van der Waals surface area contributed by atoms with Gasteiger partial charge in [-0.05, 0) is 24.4 Å². The molecule has 0 fully saturated rings. The Balaban J connectivity index is 1.72. The molecule has 6 nitrogen and oxygen atoms in total. The molecule has 0 spiro atoms. The highest BCUT2D eigenvalue weighted by Crippen LogP contribution is 2.35. The summed E-state index contributed by atoms with van der Waals surface area (Å²) in [5.41, 5.74) is 3.31. The number of urea groups is 1. The van der Waals surface area contributed by atoms with Gasteiger partial charge in [0.05, 0.1) is 23.6 Å². The predicted molar refractivity (Wildman–Crippen MR) is 108 cm³/mol. The van der Waals surface area contributed by atoms with Crippen molar-refractivity contribution in [2.24, 2.45) is 7.05 Å². The molecule has 3 rings (SSSR count). The Morgan fingerprint density at radius 3 is 2.70 bits per heavy atom. The number of nitrogens with zero attached hydrogens (tertiary/aromatic N) is 1. The fourth-order valence-corrected chi connectivity index (χ4v) is 3.95. The van der Waals surface area contributed by atoms with Crippen LogP contribution in [-0.4, -0.2) is 29.7 Å². The van der Waals surface area contributed by atoms with Gasteiger partial charge in [-0.25, -0.2) is 4.79 Å². The number of hydrogen-bond donors (Lipinski definition) is 2. The van der Waals surface area contributed by atoms with Crippen molar-refractivity contribution in [2.45, 2.75) is 19.9 Å². The van der Waals surface area contributed by atoms with Crippen molar-refractivity contribution in [2.75, 3.05) is 13.2 Å². The van der Waals surface area contributed by atoms with Gasteiger partial charge in [-0.2, -0.15) is 0 Å². The number of carbonyl (C=O) groups is 2. The Kier molecular flexibility index (Phi) is 6.13. The van der Waals surface area contributed by atoms with E-state index in [-0.39, 0.29) is 25.0 Å². The van der Waals surface area contributed by atoms with E-state index >= 15 is 0 Å². The average Bonchev–Trinajstić information content (AvgIpc) is 3.27. The molecule has 0 unspecified atom stereocenters. The van der Waals surface area contributed by atoms with E-state index < -0.39 is 0 Å². The van der Waals surface area contributed by atoms with Gasteiger partial charge in [0, 0.05) is 36.6 Å². The lowest BCUT2D eigenvalue weighted by Crippen LogP contribution is -2.36. The standard InChI is InChI=1S/C20H23N3O3S/c1-3-26-18(24)10-11-21-20(25)22-13-15-14-7-4-5-8-16(14)23(2)19(15)17-9-6-12-27-17/h4-9,12H,3,10-11,13H2,1-2H3,(H2,21,22,25). The van der Waals surface area contributed by atoms with Gasteiger partial charge < -0.3 is 19.9 Å². The number of nitrogens with one attached hydrogen (secondary N) is 2. The fourth-order valence-electron chi connectivity index (χ4n) is 3.12. The van der Waals surface area contributed by atoms with Gasteiger partial charge in [-0.3, -0.25) is 4.79 Å². The van der Waals surface area contributed by atoms with Crippen LogP contribution in [0.5, 0.6) is 0 Å². The molecular formula is C20H23N3O3S. The van der Waals surface area contributed by atoms with Crippen LogP contribution < -0.4 is 10.6 Å². The Bertz CT molecular complexity index is 932. The van der Waals surface area contributed by atoms with Crippen LogP contribution in [0.3, 0.4) is 0 Å². The normalized spacial score (nSPS) is 10.7. The molecule has 0 saturated carbocycles. The maximum absolute atomic E-state index is 12.1.